The molecule has 2 heterocycles. The van der Waals surface area contributed by atoms with Gasteiger partial charge in [0.25, 0.3) is 0 Å². The summed E-state index contributed by atoms with van der Waals surface area (Å²) in [4.78, 5) is 20.0. The second-order valence-electron chi connectivity index (χ2n) is 9.76. The van der Waals surface area contributed by atoms with Crippen LogP contribution in [0.15, 0.2) is 54.7 Å². The first-order valence-corrected chi connectivity index (χ1v) is 11.3. The van der Waals surface area contributed by atoms with Crippen molar-refractivity contribution in [3.8, 4) is 0 Å². The fourth-order valence-electron chi connectivity index (χ4n) is 4.24. The molecule has 3 atom stereocenters. The van der Waals surface area contributed by atoms with Crippen LogP contribution in [0.4, 0.5) is 0 Å². The standard InChI is InChI=1S/C26H37N3O/c1-20(21-11-6-5-7-12-21)15-18-29-17-10-13-22(19-29)24(23-14-8-9-16-27-23)28-25(30)26(2,3)4/h5-9,11-12,14,16,20,22,24H,10,13,15,17-19H2,1-4H3,(H,28,30)/t20-,22+,24-/m1/s1. The summed E-state index contributed by atoms with van der Waals surface area (Å²) in [5.74, 6) is 1.03. The van der Waals surface area contributed by atoms with E-state index in [4.69, 9.17) is 0 Å². The van der Waals surface area contributed by atoms with Crippen LogP contribution in [0.1, 0.15) is 70.2 Å². The number of hydrogen-bond acceptors (Lipinski definition) is 3. The lowest BCUT2D eigenvalue weighted by molar-refractivity contribution is -0.130. The maximum Gasteiger partial charge on any atom is 0.225 e. The third kappa shape index (κ3) is 6.15. The molecule has 0 bridgehead atoms. The fraction of sp³-hybridized carbons (Fsp3) is 0.538. The number of nitrogens with one attached hydrogen (secondary N) is 1. The van der Waals surface area contributed by atoms with Crippen molar-refractivity contribution in [1.29, 1.82) is 0 Å². The summed E-state index contributed by atoms with van der Waals surface area (Å²) in [7, 11) is 0. The van der Waals surface area contributed by atoms with Gasteiger partial charge in [0, 0.05) is 18.2 Å². The van der Waals surface area contributed by atoms with Gasteiger partial charge in [0.1, 0.15) is 0 Å². The molecule has 0 unspecified atom stereocenters. The molecule has 1 aromatic heterocycles. The van der Waals surface area contributed by atoms with Crippen LogP contribution >= 0.6 is 0 Å². The molecule has 3 rings (SSSR count). The Morgan fingerprint density at radius 1 is 1.17 bits per heavy atom. The van der Waals surface area contributed by atoms with Crippen molar-refractivity contribution in [3.63, 3.8) is 0 Å². The maximum atomic E-state index is 12.8. The first kappa shape index (κ1) is 22.5. The minimum atomic E-state index is -0.410. The van der Waals surface area contributed by atoms with Gasteiger partial charge >= 0.3 is 0 Å². The summed E-state index contributed by atoms with van der Waals surface area (Å²) in [5.41, 5.74) is 1.97. The van der Waals surface area contributed by atoms with E-state index in [1.807, 2.05) is 45.2 Å². The number of piperidine rings is 1. The number of amides is 1. The van der Waals surface area contributed by atoms with Crippen molar-refractivity contribution in [2.75, 3.05) is 19.6 Å². The van der Waals surface area contributed by atoms with E-state index in [1.165, 1.54) is 12.0 Å². The number of carbonyl (C=O) groups is 1. The van der Waals surface area contributed by atoms with E-state index in [2.05, 4.69) is 52.5 Å². The summed E-state index contributed by atoms with van der Waals surface area (Å²) in [5, 5.41) is 3.33. The SMILES string of the molecule is C[C@H](CCN1CCC[C@H]([C@@H](NC(=O)C(C)(C)C)c2ccccn2)C1)c1ccccc1. The molecular formula is C26H37N3O. The van der Waals surface area contributed by atoms with Crippen LogP contribution in [-0.2, 0) is 4.79 Å². The molecule has 4 heteroatoms. The van der Waals surface area contributed by atoms with Gasteiger partial charge in [0.2, 0.25) is 5.91 Å². The van der Waals surface area contributed by atoms with Crippen molar-refractivity contribution in [1.82, 2.24) is 15.2 Å². The Labute approximate surface area is 182 Å². The lowest BCUT2D eigenvalue weighted by Crippen LogP contribution is -2.46. The number of rotatable bonds is 7. The fourth-order valence-corrected chi connectivity index (χ4v) is 4.24. The van der Waals surface area contributed by atoms with Gasteiger partial charge in [-0.05, 0) is 61.9 Å². The molecule has 2 aromatic rings. The predicted molar refractivity (Wildman–Crippen MR) is 123 cm³/mol. The Morgan fingerprint density at radius 2 is 1.90 bits per heavy atom. The Balaban J connectivity index is 1.66. The van der Waals surface area contributed by atoms with Gasteiger partial charge in [0.05, 0.1) is 11.7 Å². The summed E-state index contributed by atoms with van der Waals surface area (Å²) in [6.45, 7) is 11.5. The summed E-state index contributed by atoms with van der Waals surface area (Å²) in [6.07, 6.45) is 5.27. The van der Waals surface area contributed by atoms with Crippen LogP contribution in [0.3, 0.4) is 0 Å². The summed E-state index contributed by atoms with van der Waals surface area (Å²) < 4.78 is 0. The molecule has 162 valence electrons. The third-order valence-corrected chi connectivity index (χ3v) is 6.23. The van der Waals surface area contributed by atoms with E-state index in [9.17, 15) is 4.79 Å². The summed E-state index contributed by atoms with van der Waals surface area (Å²) >= 11 is 0. The van der Waals surface area contributed by atoms with Crippen LogP contribution in [0.2, 0.25) is 0 Å². The topological polar surface area (TPSA) is 45.2 Å². The molecule has 1 N–H and O–H groups in total. The molecule has 4 nitrogen and oxygen atoms in total. The van der Waals surface area contributed by atoms with Crippen LogP contribution < -0.4 is 5.32 Å². The molecule has 1 aromatic carbocycles. The molecule has 0 spiro atoms. The number of carbonyl (C=O) groups excluding carboxylic acids is 1. The molecule has 30 heavy (non-hydrogen) atoms. The molecular weight excluding hydrogens is 370 g/mol. The Bertz CT molecular complexity index is 785. The molecule has 1 aliphatic heterocycles. The van der Waals surface area contributed by atoms with Crippen molar-refractivity contribution >= 4 is 5.91 Å². The third-order valence-electron chi connectivity index (χ3n) is 6.23. The number of hydrogen-bond donors (Lipinski definition) is 1. The monoisotopic (exact) mass is 407 g/mol. The van der Waals surface area contributed by atoms with Crippen molar-refractivity contribution in [2.45, 2.75) is 58.9 Å². The Kier molecular flexibility index (Phi) is 7.65. The van der Waals surface area contributed by atoms with Crippen LogP contribution in [0.25, 0.3) is 0 Å². The molecule has 0 radical (unpaired) electrons. The van der Waals surface area contributed by atoms with Gasteiger partial charge in [-0.15, -0.1) is 0 Å². The van der Waals surface area contributed by atoms with E-state index in [-0.39, 0.29) is 11.9 Å². The number of likely N-dealkylation sites (tertiary alicyclic amines) is 1. The highest BCUT2D eigenvalue weighted by molar-refractivity contribution is 5.81. The van der Waals surface area contributed by atoms with Gasteiger partial charge in [-0.1, -0.05) is 64.1 Å². The van der Waals surface area contributed by atoms with Crippen molar-refractivity contribution in [3.05, 3.63) is 66.0 Å². The summed E-state index contributed by atoms with van der Waals surface area (Å²) in [6, 6.07) is 16.7. The highest BCUT2D eigenvalue weighted by atomic mass is 16.2. The van der Waals surface area contributed by atoms with E-state index in [0.29, 0.717) is 11.8 Å². The smallest absolute Gasteiger partial charge is 0.225 e. The first-order chi connectivity index (χ1) is 14.3. The van der Waals surface area contributed by atoms with E-state index >= 15 is 0 Å². The van der Waals surface area contributed by atoms with Gasteiger partial charge in [-0.2, -0.15) is 0 Å². The first-order valence-electron chi connectivity index (χ1n) is 11.3. The Hall–Kier alpha value is -2.20. The largest absolute Gasteiger partial charge is 0.347 e. The number of pyridine rings is 1. The van der Waals surface area contributed by atoms with Gasteiger partial charge in [-0.3, -0.25) is 9.78 Å². The van der Waals surface area contributed by atoms with E-state index in [0.717, 1.165) is 38.2 Å². The van der Waals surface area contributed by atoms with Crippen LogP contribution in [0.5, 0.6) is 0 Å². The highest BCUT2D eigenvalue weighted by Crippen LogP contribution is 2.31. The molecule has 1 amide bonds. The van der Waals surface area contributed by atoms with Crippen LogP contribution in [0, 0.1) is 11.3 Å². The molecule has 1 fully saturated rings. The minimum absolute atomic E-state index is 0.0349. The quantitative estimate of drug-likeness (QED) is 0.687. The van der Waals surface area contributed by atoms with E-state index < -0.39 is 5.41 Å². The number of benzene rings is 1. The number of nitrogens with zero attached hydrogens (tertiary/aromatic N) is 2. The molecule has 1 saturated heterocycles. The minimum Gasteiger partial charge on any atom is -0.347 e. The van der Waals surface area contributed by atoms with Gasteiger partial charge < -0.3 is 10.2 Å². The maximum absolute atomic E-state index is 12.8. The number of aromatic nitrogens is 1. The normalized spacial score (nSPS) is 19.8. The lowest BCUT2D eigenvalue weighted by Gasteiger charge is -2.38. The highest BCUT2D eigenvalue weighted by Gasteiger charge is 2.33. The van der Waals surface area contributed by atoms with Crippen molar-refractivity contribution < 1.29 is 4.79 Å². The van der Waals surface area contributed by atoms with Gasteiger partial charge in [0.15, 0.2) is 0 Å². The zero-order valence-electron chi connectivity index (χ0n) is 19.0. The average Bonchev–Trinajstić information content (AvgIpc) is 2.76. The van der Waals surface area contributed by atoms with Crippen molar-refractivity contribution in [2.24, 2.45) is 11.3 Å². The zero-order chi connectivity index (χ0) is 21.6. The van der Waals surface area contributed by atoms with Gasteiger partial charge in [-0.25, -0.2) is 0 Å². The molecule has 1 aliphatic rings. The lowest BCUT2D eigenvalue weighted by atomic mass is 9.86. The molecule has 0 aliphatic carbocycles. The second kappa shape index (κ2) is 10.2. The van der Waals surface area contributed by atoms with Crippen LogP contribution in [-0.4, -0.2) is 35.4 Å². The zero-order valence-corrected chi connectivity index (χ0v) is 19.0. The Morgan fingerprint density at radius 3 is 2.57 bits per heavy atom. The predicted octanol–water partition coefficient (Wildman–Crippen LogP) is 5.19. The molecule has 0 saturated carbocycles. The average molecular weight is 408 g/mol. The second-order valence-corrected chi connectivity index (χ2v) is 9.76. The van der Waals surface area contributed by atoms with E-state index in [1.54, 1.807) is 0 Å².